The molecule has 0 radical (unpaired) electrons. The van der Waals surface area contributed by atoms with Crippen LogP contribution in [0.25, 0.3) is 16.8 Å². The fourth-order valence-electron chi connectivity index (χ4n) is 3.03. The summed E-state index contributed by atoms with van der Waals surface area (Å²) in [6.07, 6.45) is 3.37. The minimum absolute atomic E-state index is 0.141. The molecule has 4 rings (SSSR count). The van der Waals surface area contributed by atoms with Crippen LogP contribution in [0, 0.1) is 0 Å². The van der Waals surface area contributed by atoms with E-state index in [2.05, 4.69) is 16.5 Å². The molecule has 5 nitrogen and oxygen atoms in total. The lowest BCUT2D eigenvalue weighted by molar-refractivity contribution is 0.0973. The number of phenols is 1. The zero-order valence-electron chi connectivity index (χ0n) is 14.0. The molecule has 0 fully saturated rings. The molecule has 1 aromatic carbocycles. The molecule has 0 spiro atoms. The number of hydrogen-bond donors (Lipinski definition) is 2. The zero-order chi connectivity index (χ0) is 17.9. The van der Waals surface area contributed by atoms with Crippen molar-refractivity contribution in [2.75, 3.05) is 6.54 Å². The fraction of sp³-hybridized carbons (Fsp3) is 0.200. The lowest BCUT2D eigenvalue weighted by Crippen LogP contribution is -2.35. The van der Waals surface area contributed by atoms with Crippen LogP contribution < -0.4 is 5.32 Å². The summed E-state index contributed by atoms with van der Waals surface area (Å²) in [6.45, 7) is 0.636. The first-order chi connectivity index (χ1) is 12.7. The Morgan fingerprint density at radius 1 is 1.31 bits per heavy atom. The number of nitrogens with one attached hydrogen (secondary N) is 1. The summed E-state index contributed by atoms with van der Waals surface area (Å²) < 4.78 is 5.47. The maximum Gasteiger partial charge on any atom is 0.174 e. The summed E-state index contributed by atoms with van der Waals surface area (Å²) in [7, 11) is 0. The maximum absolute atomic E-state index is 12.2. The van der Waals surface area contributed by atoms with Gasteiger partial charge < -0.3 is 14.9 Å². The quantitative estimate of drug-likeness (QED) is 0.664. The number of phenolic OH excluding ortho intramolecular Hbond substituents is 1. The Morgan fingerprint density at radius 3 is 2.96 bits per heavy atom. The number of aromatic hydroxyl groups is 1. The molecular formula is C20H18N2O3S. The van der Waals surface area contributed by atoms with Crippen molar-refractivity contribution in [3.63, 3.8) is 0 Å². The number of hydrogen-bond acceptors (Lipinski definition) is 6. The first kappa shape index (κ1) is 16.8. The van der Waals surface area contributed by atoms with Crippen molar-refractivity contribution in [1.82, 2.24) is 10.5 Å². The van der Waals surface area contributed by atoms with Crippen LogP contribution in [0.15, 0.2) is 58.4 Å². The standard InChI is InChI=1S/C20H18N2O3S/c23-16-4-1-3-13(9-16)17-11-19(25-22-17)14-6-7-15(21-12-14)10-18(24)20-5-2-8-26-20/h1-6,8-9,11,15,21,23H,7,10,12H2. The van der Waals surface area contributed by atoms with E-state index >= 15 is 0 Å². The minimum atomic E-state index is 0.141. The monoisotopic (exact) mass is 366 g/mol. The number of thiophene rings is 1. The highest BCUT2D eigenvalue weighted by Crippen LogP contribution is 2.27. The Morgan fingerprint density at radius 2 is 2.23 bits per heavy atom. The molecule has 1 unspecified atom stereocenters. The topological polar surface area (TPSA) is 75.4 Å². The van der Waals surface area contributed by atoms with Crippen LogP contribution in [-0.2, 0) is 0 Å². The first-order valence-electron chi connectivity index (χ1n) is 8.44. The van der Waals surface area contributed by atoms with Gasteiger partial charge in [-0.25, -0.2) is 0 Å². The highest BCUT2D eigenvalue weighted by atomic mass is 32.1. The van der Waals surface area contributed by atoms with E-state index in [0.29, 0.717) is 24.4 Å². The van der Waals surface area contributed by atoms with E-state index in [1.54, 1.807) is 18.2 Å². The van der Waals surface area contributed by atoms with Crippen LogP contribution in [0.3, 0.4) is 0 Å². The van der Waals surface area contributed by atoms with Gasteiger partial charge in [0.05, 0.1) is 4.88 Å². The zero-order valence-corrected chi connectivity index (χ0v) is 14.8. The van der Waals surface area contributed by atoms with Crippen molar-refractivity contribution in [2.24, 2.45) is 0 Å². The van der Waals surface area contributed by atoms with Gasteiger partial charge in [0, 0.05) is 36.2 Å². The van der Waals surface area contributed by atoms with Crippen LogP contribution in [0.1, 0.15) is 28.3 Å². The van der Waals surface area contributed by atoms with E-state index in [4.69, 9.17) is 4.52 Å². The van der Waals surface area contributed by atoms with Crippen LogP contribution in [-0.4, -0.2) is 28.6 Å². The number of carbonyl (C=O) groups is 1. The fourth-order valence-corrected chi connectivity index (χ4v) is 3.70. The number of ketones is 1. The first-order valence-corrected chi connectivity index (χ1v) is 9.32. The molecule has 3 heterocycles. The molecule has 132 valence electrons. The van der Waals surface area contributed by atoms with E-state index in [0.717, 1.165) is 22.4 Å². The Kier molecular flexibility index (Phi) is 4.69. The second kappa shape index (κ2) is 7.27. The number of rotatable bonds is 5. The highest BCUT2D eigenvalue weighted by Gasteiger charge is 2.21. The average Bonchev–Trinajstić information content (AvgIpc) is 3.35. The normalized spacial score (nSPS) is 17.1. The minimum Gasteiger partial charge on any atom is -0.508 e. The van der Waals surface area contributed by atoms with Gasteiger partial charge in [0.1, 0.15) is 11.4 Å². The number of benzene rings is 1. The lowest BCUT2D eigenvalue weighted by Gasteiger charge is -2.21. The highest BCUT2D eigenvalue weighted by molar-refractivity contribution is 7.12. The van der Waals surface area contributed by atoms with Crippen LogP contribution in [0.5, 0.6) is 5.75 Å². The summed E-state index contributed by atoms with van der Waals surface area (Å²) in [6, 6.07) is 12.7. The van der Waals surface area contributed by atoms with E-state index in [-0.39, 0.29) is 17.6 Å². The van der Waals surface area contributed by atoms with Crippen molar-refractivity contribution in [1.29, 1.82) is 0 Å². The molecule has 6 heteroatoms. The van der Waals surface area contributed by atoms with Gasteiger partial charge in [0.25, 0.3) is 0 Å². The predicted molar refractivity (Wildman–Crippen MR) is 101 cm³/mol. The van der Waals surface area contributed by atoms with Crippen molar-refractivity contribution in [3.8, 4) is 17.0 Å². The summed E-state index contributed by atoms with van der Waals surface area (Å²) in [5.74, 6) is 1.09. The van der Waals surface area contributed by atoms with Gasteiger partial charge in [-0.1, -0.05) is 29.4 Å². The molecule has 0 saturated heterocycles. The molecular weight excluding hydrogens is 348 g/mol. The Balaban J connectivity index is 1.42. The predicted octanol–water partition coefficient (Wildman–Crippen LogP) is 4.13. The molecule has 0 saturated carbocycles. The van der Waals surface area contributed by atoms with Crippen LogP contribution in [0.4, 0.5) is 0 Å². The van der Waals surface area contributed by atoms with E-state index in [1.165, 1.54) is 11.3 Å². The number of Topliss-reactive ketones (excluding diaryl/α,β-unsaturated/α-hetero) is 1. The number of aromatic nitrogens is 1. The van der Waals surface area contributed by atoms with E-state index in [9.17, 15) is 9.90 Å². The maximum atomic E-state index is 12.2. The number of carbonyl (C=O) groups excluding carboxylic acids is 1. The molecule has 3 aromatic rings. The van der Waals surface area contributed by atoms with Crippen molar-refractivity contribution in [3.05, 3.63) is 64.6 Å². The van der Waals surface area contributed by atoms with Crippen molar-refractivity contribution >= 4 is 22.7 Å². The number of nitrogens with zero attached hydrogens (tertiary/aromatic N) is 1. The van der Waals surface area contributed by atoms with Gasteiger partial charge in [0.15, 0.2) is 11.5 Å². The van der Waals surface area contributed by atoms with Gasteiger partial charge in [0.2, 0.25) is 0 Å². The smallest absolute Gasteiger partial charge is 0.174 e. The Labute approximate surface area is 155 Å². The molecule has 2 aromatic heterocycles. The second-order valence-electron chi connectivity index (χ2n) is 6.27. The summed E-state index contributed by atoms with van der Waals surface area (Å²) >= 11 is 1.48. The van der Waals surface area contributed by atoms with Gasteiger partial charge in [-0.3, -0.25) is 4.79 Å². The summed E-state index contributed by atoms with van der Waals surface area (Å²) in [5.41, 5.74) is 2.53. The van der Waals surface area contributed by atoms with Gasteiger partial charge >= 0.3 is 0 Å². The van der Waals surface area contributed by atoms with E-state index < -0.39 is 0 Å². The third-order valence-corrected chi connectivity index (χ3v) is 5.34. The van der Waals surface area contributed by atoms with Gasteiger partial charge in [-0.15, -0.1) is 11.3 Å². The van der Waals surface area contributed by atoms with Crippen molar-refractivity contribution < 1.29 is 14.4 Å². The summed E-state index contributed by atoms with van der Waals surface area (Å²) in [4.78, 5) is 13.0. The third kappa shape index (κ3) is 3.61. The largest absolute Gasteiger partial charge is 0.508 e. The molecule has 1 aliphatic heterocycles. The summed E-state index contributed by atoms with van der Waals surface area (Å²) in [5, 5.41) is 19.0. The molecule has 26 heavy (non-hydrogen) atoms. The Hall–Kier alpha value is -2.70. The third-order valence-electron chi connectivity index (χ3n) is 4.43. The molecule has 2 N–H and O–H groups in total. The van der Waals surface area contributed by atoms with Crippen LogP contribution >= 0.6 is 11.3 Å². The molecule has 0 amide bonds. The lowest BCUT2D eigenvalue weighted by atomic mass is 9.99. The Bertz CT molecular complexity index is 944. The second-order valence-corrected chi connectivity index (χ2v) is 7.22. The molecule has 0 bridgehead atoms. The van der Waals surface area contributed by atoms with E-state index in [1.807, 2.05) is 29.6 Å². The average molecular weight is 366 g/mol. The molecule has 0 aliphatic carbocycles. The van der Waals surface area contributed by atoms with Crippen molar-refractivity contribution in [2.45, 2.75) is 18.9 Å². The van der Waals surface area contributed by atoms with Gasteiger partial charge in [-0.2, -0.15) is 0 Å². The molecule has 1 atom stereocenters. The van der Waals surface area contributed by atoms with Crippen LogP contribution in [0.2, 0.25) is 0 Å². The SMILES string of the molecule is O=C(CC1CC=C(c2cc(-c3cccc(O)c3)no2)CN1)c1cccs1. The molecule has 1 aliphatic rings. The van der Waals surface area contributed by atoms with Gasteiger partial charge in [-0.05, 0) is 30.0 Å².